The maximum Gasteiger partial charge on any atom is 0.514 e. The van der Waals surface area contributed by atoms with E-state index in [9.17, 15) is 14.9 Å². The highest BCUT2D eigenvalue weighted by Gasteiger charge is 2.40. The van der Waals surface area contributed by atoms with Crippen LogP contribution in [-0.2, 0) is 13.6 Å². The minimum atomic E-state index is -2.06. The van der Waals surface area contributed by atoms with Gasteiger partial charge in [0, 0.05) is 12.1 Å². The fraction of sp³-hybridized carbons (Fsp3) is 0.682. The van der Waals surface area contributed by atoms with Crippen LogP contribution in [0.15, 0.2) is 24.3 Å². The molecule has 0 N–H and O–H groups in total. The number of non-ortho nitro benzene ring substituents is 1. The number of carbonyl (C=O) groups excluding carboxylic acids is 1. The third-order valence-corrected chi connectivity index (χ3v) is 15.4. The van der Waals surface area contributed by atoms with Gasteiger partial charge in [0.15, 0.2) is 16.6 Å². The first-order valence-electron chi connectivity index (χ1n) is 10.8. The van der Waals surface area contributed by atoms with Gasteiger partial charge in [-0.15, -0.1) is 0 Å². The maximum atomic E-state index is 12.4. The van der Waals surface area contributed by atoms with Gasteiger partial charge in [-0.1, -0.05) is 41.5 Å². The summed E-state index contributed by atoms with van der Waals surface area (Å²) in [5, 5.41) is 10.8. The monoisotopic (exact) mass is 485 g/mol. The molecule has 0 atom stereocenters. The van der Waals surface area contributed by atoms with Gasteiger partial charge in [0.25, 0.3) is 5.69 Å². The summed E-state index contributed by atoms with van der Waals surface area (Å²) in [6.45, 7) is 21.8. The van der Waals surface area contributed by atoms with Gasteiger partial charge in [0.1, 0.15) is 11.9 Å². The van der Waals surface area contributed by atoms with Crippen molar-refractivity contribution in [3.05, 3.63) is 34.4 Å². The Kier molecular flexibility index (Phi) is 9.24. The number of hydrogen-bond acceptors (Lipinski definition) is 7. The first-order chi connectivity index (χ1) is 14.4. The zero-order valence-corrected chi connectivity index (χ0v) is 23.1. The first-order valence-corrected chi connectivity index (χ1v) is 16.6. The van der Waals surface area contributed by atoms with Gasteiger partial charge in [0.2, 0.25) is 0 Å². The summed E-state index contributed by atoms with van der Waals surface area (Å²) in [6, 6.07) is 5.24. The molecule has 0 spiro atoms. The lowest BCUT2D eigenvalue weighted by Gasteiger charge is -2.39. The van der Waals surface area contributed by atoms with E-state index in [4.69, 9.17) is 18.3 Å². The lowest BCUT2D eigenvalue weighted by molar-refractivity contribution is -0.384. The number of nitrogens with zero attached hydrogens (tertiary/aromatic N) is 1. The minimum absolute atomic E-state index is 0.0110. The molecule has 0 saturated heterocycles. The molecule has 0 fully saturated rings. The van der Waals surface area contributed by atoms with Crippen LogP contribution in [0.3, 0.4) is 0 Å². The van der Waals surface area contributed by atoms with Gasteiger partial charge in [-0.2, -0.15) is 0 Å². The molecule has 0 amide bonds. The summed E-state index contributed by atoms with van der Waals surface area (Å²) in [7, 11) is -4.12. The fourth-order valence-electron chi connectivity index (χ4n) is 2.04. The van der Waals surface area contributed by atoms with E-state index >= 15 is 0 Å². The minimum Gasteiger partial charge on any atom is -0.426 e. The highest BCUT2D eigenvalue weighted by molar-refractivity contribution is 6.74. The topological polar surface area (TPSA) is 97.1 Å². The van der Waals surface area contributed by atoms with Crippen molar-refractivity contribution in [3.63, 3.8) is 0 Å². The Balaban J connectivity index is 2.88. The lowest BCUT2D eigenvalue weighted by Crippen LogP contribution is -2.46. The number of rotatable bonds is 9. The van der Waals surface area contributed by atoms with E-state index in [1.165, 1.54) is 24.3 Å². The molecule has 0 unspecified atom stereocenters. The zero-order valence-electron chi connectivity index (χ0n) is 21.1. The molecule has 10 heteroatoms. The molecule has 32 heavy (non-hydrogen) atoms. The molecule has 8 nitrogen and oxygen atoms in total. The van der Waals surface area contributed by atoms with Gasteiger partial charge < -0.3 is 18.3 Å². The first kappa shape index (κ1) is 28.3. The molecule has 0 aliphatic heterocycles. The molecule has 1 rings (SSSR count). The Bertz CT molecular complexity index is 751. The molecule has 0 saturated carbocycles. The van der Waals surface area contributed by atoms with Crippen LogP contribution < -0.4 is 4.74 Å². The number of hydrogen-bond donors (Lipinski definition) is 0. The SMILES string of the molecule is CC(C)(C)[Si](C)(C)OCC(CO[Si](C)(C)C(C)(C)C)OC(=O)Oc1ccc([N+](=O)[O-])cc1. The van der Waals surface area contributed by atoms with Crippen molar-refractivity contribution in [3.8, 4) is 5.75 Å². The average molecular weight is 486 g/mol. The summed E-state index contributed by atoms with van der Waals surface area (Å²) in [4.78, 5) is 22.7. The van der Waals surface area contributed by atoms with Crippen molar-refractivity contribution in [2.45, 2.75) is 83.9 Å². The summed E-state index contributed by atoms with van der Waals surface area (Å²) in [5.41, 5.74) is -0.0888. The molecule has 0 radical (unpaired) electrons. The van der Waals surface area contributed by atoms with Crippen LogP contribution in [0.25, 0.3) is 0 Å². The van der Waals surface area contributed by atoms with Crippen LogP contribution in [0.4, 0.5) is 10.5 Å². The van der Waals surface area contributed by atoms with Crippen LogP contribution in [0, 0.1) is 10.1 Å². The number of nitro groups is 1. The predicted molar refractivity (Wildman–Crippen MR) is 130 cm³/mol. The third-order valence-electron chi connectivity index (χ3n) is 6.38. The Morgan fingerprint density at radius 1 is 0.906 bits per heavy atom. The number of carbonyl (C=O) groups is 1. The van der Waals surface area contributed by atoms with Crippen molar-refractivity contribution < 1.29 is 28.0 Å². The zero-order chi connectivity index (χ0) is 25.0. The van der Waals surface area contributed by atoms with Crippen molar-refractivity contribution >= 4 is 28.5 Å². The maximum absolute atomic E-state index is 12.4. The van der Waals surface area contributed by atoms with Gasteiger partial charge in [0.05, 0.1) is 18.1 Å². The molecule has 0 aliphatic rings. The van der Waals surface area contributed by atoms with Crippen LogP contribution >= 0.6 is 0 Å². The Morgan fingerprint density at radius 3 is 1.66 bits per heavy atom. The van der Waals surface area contributed by atoms with Gasteiger partial charge in [-0.25, -0.2) is 4.79 Å². The summed E-state index contributed by atoms with van der Waals surface area (Å²) < 4.78 is 23.3. The van der Waals surface area contributed by atoms with E-state index in [0.717, 1.165) is 0 Å². The molecule has 0 bridgehead atoms. The highest BCUT2D eigenvalue weighted by atomic mass is 28.4. The van der Waals surface area contributed by atoms with E-state index in [0.29, 0.717) is 0 Å². The molecule has 1 aromatic rings. The lowest BCUT2D eigenvalue weighted by atomic mass is 10.2. The van der Waals surface area contributed by atoms with Crippen LogP contribution in [0.5, 0.6) is 5.75 Å². The largest absolute Gasteiger partial charge is 0.514 e. The second-order valence-corrected chi connectivity index (χ2v) is 20.6. The highest BCUT2D eigenvalue weighted by Crippen LogP contribution is 2.38. The van der Waals surface area contributed by atoms with Crippen LogP contribution in [-0.4, -0.2) is 47.0 Å². The average Bonchev–Trinajstić information content (AvgIpc) is 2.62. The quantitative estimate of drug-likeness (QED) is 0.129. The standard InChI is InChI=1S/C22H39NO7Si2/c1-21(2,3)31(7,8)27-15-19(16-28-32(9,10)22(4,5)6)30-20(24)29-18-13-11-17(12-14-18)23(25)26/h11-14,19H,15-16H2,1-10H3. The second-order valence-electron chi connectivity index (χ2n) is 11.0. The smallest absolute Gasteiger partial charge is 0.426 e. The summed E-state index contributed by atoms with van der Waals surface area (Å²) >= 11 is 0. The van der Waals surface area contributed by atoms with Crippen molar-refractivity contribution in [2.75, 3.05) is 13.2 Å². The molecule has 1 aromatic carbocycles. The molecular weight excluding hydrogens is 446 g/mol. The normalized spacial score (nSPS) is 13.2. The van der Waals surface area contributed by atoms with Gasteiger partial charge in [-0.3, -0.25) is 10.1 Å². The fourth-order valence-corrected chi connectivity index (χ4v) is 4.12. The van der Waals surface area contributed by atoms with E-state index in [-0.39, 0.29) is 34.7 Å². The van der Waals surface area contributed by atoms with Crippen molar-refractivity contribution in [2.24, 2.45) is 0 Å². The van der Waals surface area contributed by atoms with Gasteiger partial charge >= 0.3 is 6.16 Å². The number of ether oxygens (including phenoxy) is 2. The molecule has 0 aliphatic carbocycles. The molecule has 0 aromatic heterocycles. The van der Waals surface area contributed by atoms with E-state index in [1.807, 2.05) is 0 Å². The number of nitro benzene ring substituents is 1. The molecule has 182 valence electrons. The number of benzene rings is 1. The van der Waals surface area contributed by atoms with Gasteiger partial charge in [-0.05, 0) is 48.4 Å². The Morgan fingerprint density at radius 2 is 1.31 bits per heavy atom. The summed E-state index contributed by atoms with van der Waals surface area (Å²) in [6.07, 6.45) is -1.54. The van der Waals surface area contributed by atoms with Crippen LogP contribution in [0.1, 0.15) is 41.5 Å². The summed E-state index contributed by atoms with van der Waals surface area (Å²) in [5.74, 6) is 0.162. The second kappa shape index (κ2) is 10.5. The molecular formula is C22H39NO7Si2. The Labute approximate surface area is 194 Å². The Hall–Kier alpha value is -1.76. The van der Waals surface area contributed by atoms with E-state index in [1.54, 1.807) is 0 Å². The predicted octanol–water partition coefficient (Wildman–Crippen LogP) is 6.52. The van der Waals surface area contributed by atoms with E-state index < -0.39 is 33.8 Å². The third kappa shape index (κ3) is 8.30. The molecule has 0 heterocycles. The van der Waals surface area contributed by atoms with E-state index in [2.05, 4.69) is 67.7 Å². The van der Waals surface area contributed by atoms with Crippen LogP contribution in [0.2, 0.25) is 36.3 Å². The van der Waals surface area contributed by atoms with Crippen molar-refractivity contribution in [1.29, 1.82) is 0 Å². The van der Waals surface area contributed by atoms with Crippen molar-refractivity contribution in [1.82, 2.24) is 0 Å².